The molecule has 0 fully saturated rings. The van der Waals surface area contributed by atoms with Gasteiger partial charge in [-0.15, -0.1) is 0 Å². The van der Waals surface area contributed by atoms with Gasteiger partial charge in [0.2, 0.25) is 0 Å². The van der Waals surface area contributed by atoms with Crippen LogP contribution in [0.1, 0.15) is 12.5 Å². The molecule has 1 amide bonds. The molecule has 0 aromatic heterocycles. The summed E-state index contributed by atoms with van der Waals surface area (Å²) >= 11 is 0. The van der Waals surface area contributed by atoms with Crippen LogP contribution in [0, 0.1) is 10.1 Å². The van der Waals surface area contributed by atoms with Gasteiger partial charge >= 0.3 is 6.09 Å². The molecule has 7 nitrogen and oxygen atoms in total. The summed E-state index contributed by atoms with van der Waals surface area (Å²) in [6.07, 6.45) is -0.683. The number of nitro benzene ring substituents is 1. The average molecular weight is 251 g/mol. The van der Waals surface area contributed by atoms with Crippen molar-refractivity contribution in [2.45, 2.75) is 6.92 Å². The van der Waals surface area contributed by atoms with Crippen LogP contribution >= 0.6 is 0 Å². The van der Waals surface area contributed by atoms with E-state index in [4.69, 9.17) is 0 Å². The fourth-order valence-electron chi connectivity index (χ4n) is 1.25. The zero-order chi connectivity index (χ0) is 13.5. The Balaban J connectivity index is 2.73. The number of carbonyl (C=O) groups is 1. The van der Waals surface area contributed by atoms with Crippen molar-refractivity contribution in [3.8, 4) is 0 Å². The van der Waals surface area contributed by atoms with E-state index in [0.717, 1.165) is 0 Å². The van der Waals surface area contributed by atoms with Crippen LogP contribution < -0.4 is 10.9 Å². The topological polar surface area (TPSA) is 93.5 Å². The van der Waals surface area contributed by atoms with E-state index in [0.29, 0.717) is 5.56 Å². The normalized spacial score (nSPS) is 9.39. The molecule has 1 aromatic rings. The molecule has 0 radical (unpaired) electrons. The van der Waals surface area contributed by atoms with Crippen LogP contribution in [0.4, 0.5) is 10.5 Å². The molecule has 2 N–H and O–H groups in total. The van der Waals surface area contributed by atoms with Gasteiger partial charge in [-0.25, -0.2) is 10.2 Å². The maximum absolute atomic E-state index is 11.0. The minimum Gasteiger partial charge on any atom is -0.449 e. The summed E-state index contributed by atoms with van der Waals surface area (Å²) in [5.41, 5.74) is 5.07. The number of nitrogens with zero attached hydrogens (tertiary/aromatic N) is 1. The summed E-state index contributed by atoms with van der Waals surface area (Å²) in [7, 11) is 0. The number of hydrogen-bond acceptors (Lipinski definition) is 5. The monoisotopic (exact) mass is 251 g/mol. The molecular weight excluding hydrogens is 238 g/mol. The highest BCUT2D eigenvalue weighted by molar-refractivity contribution is 5.73. The summed E-state index contributed by atoms with van der Waals surface area (Å²) in [5.74, 6) is 0. The summed E-state index contributed by atoms with van der Waals surface area (Å²) < 4.78 is 4.62. The molecule has 0 aliphatic heterocycles. The predicted molar refractivity (Wildman–Crippen MR) is 65.4 cm³/mol. The number of carbonyl (C=O) groups excluding carboxylic acids is 1. The Morgan fingerprint density at radius 1 is 1.44 bits per heavy atom. The number of para-hydroxylation sites is 1. The number of nitrogens with one attached hydrogen (secondary N) is 2. The second-order valence-corrected chi connectivity index (χ2v) is 3.22. The molecular formula is C11H13N3O4. The standard InChI is InChI=1S/C11H13N3O4/c1-3-18-11(15)13-12-8(2)9-6-4-5-7-10(9)14(16)17/h4-7,12H,2-3H2,1H3,(H,13,15). The Morgan fingerprint density at radius 3 is 2.72 bits per heavy atom. The molecule has 0 aliphatic rings. The van der Waals surface area contributed by atoms with Crippen LogP contribution in [0.15, 0.2) is 30.8 Å². The minimum atomic E-state index is -0.683. The Labute approximate surface area is 104 Å². The fraction of sp³-hybridized carbons (Fsp3) is 0.182. The van der Waals surface area contributed by atoms with Crippen molar-refractivity contribution in [2.24, 2.45) is 0 Å². The van der Waals surface area contributed by atoms with Crippen LogP contribution in [-0.4, -0.2) is 17.6 Å². The maximum atomic E-state index is 11.0. The number of nitro groups is 1. The Hall–Kier alpha value is -2.57. The van der Waals surface area contributed by atoms with Crippen LogP contribution in [0.2, 0.25) is 0 Å². The van der Waals surface area contributed by atoms with Gasteiger partial charge in [-0.3, -0.25) is 15.5 Å². The number of hydrogen-bond donors (Lipinski definition) is 2. The van der Waals surface area contributed by atoms with E-state index in [1.807, 2.05) is 0 Å². The van der Waals surface area contributed by atoms with Gasteiger partial charge in [0, 0.05) is 6.07 Å². The molecule has 0 spiro atoms. The lowest BCUT2D eigenvalue weighted by atomic mass is 10.1. The van der Waals surface area contributed by atoms with E-state index in [-0.39, 0.29) is 18.0 Å². The third-order valence-corrected chi connectivity index (χ3v) is 2.02. The highest BCUT2D eigenvalue weighted by Crippen LogP contribution is 2.22. The van der Waals surface area contributed by atoms with Crippen molar-refractivity contribution in [2.75, 3.05) is 6.61 Å². The molecule has 0 atom stereocenters. The van der Waals surface area contributed by atoms with Crippen LogP contribution in [0.5, 0.6) is 0 Å². The Morgan fingerprint density at radius 2 is 2.11 bits per heavy atom. The van der Waals surface area contributed by atoms with Crippen LogP contribution in [0.25, 0.3) is 5.70 Å². The molecule has 0 unspecified atom stereocenters. The minimum absolute atomic E-state index is 0.0966. The molecule has 0 heterocycles. The van der Waals surface area contributed by atoms with Crippen molar-refractivity contribution in [1.82, 2.24) is 10.9 Å². The van der Waals surface area contributed by atoms with Crippen molar-refractivity contribution in [1.29, 1.82) is 0 Å². The molecule has 96 valence electrons. The number of amides is 1. The highest BCUT2D eigenvalue weighted by atomic mass is 16.6. The molecule has 0 saturated carbocycles. The average Bonchev–Trinajstić information content (AvgIpc) is 2.36. The van der Waals surface area contributed by atoms with Crippen molar-refractivity contribution < 1.29 is 14.5 Å². The van der Waals surface area contributed by atoms with Gasteiger partial charge in [0.05, 0.1) is 22.8 Å². The van der Waals surface area contributed by atoms with Gasteiger partial charge in [0.1, 0.15) is 0 Å². The molecule has 18 heavy (non-hydrogen) atoms. The van der Waals surface area contributed by atoms with Crippen LogP contribution in [0.3, 0.4) is 0 Å². The second-order valence-electron chi connectivity index (χ2n) is 3.22. The molecule has 0 bridgehead atoms. The predicted octanol–water partition coefficient (Wildman–Crippen LogP) is 1.82. The van der Waals surface area contributed by atoms with Crippen molar-refractivity contribution in [3.63, 3.8) is 0 Å². The zero-order valence-corrected chi connectivity index (χ0v) is 9.80. The van der Waals surface area contributed by atoms with E-state index < -0.39 is 11.0 Å². The molecule has 7 heteroatoms. The highest BCUT2D eigenvalue weighted by Gasteiger charge is 2.15. The molecule has 0 aliphatic carbocycles. The van der Waals surface area contributed by atoms with Crippen molar-refractivity contribution >= 4 is 17.5 Å². The SMILES string of the molecule is C=C(NNC(=O)OCC)c1ccccc1[N+](=O)[O-]. The van der Waals surface area contributed by atoms with Gasteiger partial charge in [-0.2, -0.15) is 0 Å². The van der Waals surface area contributed by atoms with Gasteiger partial charge in [0.15, 0.2) is 0 Å². The zero-order valence-electron chi connectivity index (χ0n) is 9.80. The van der Waals surface area contributed by atoms with E-state index in [2.05, 4.69) is 22.2 Å². The quantitative estimate of drug-likeness (QED) is 0.615. The van der Waals surface area contributed by atoms with Crippen LogP contribution in [-0.2, 0) is 4.74 Å². The first kappa shape index (κ1) is 13.5. The third-order valence-electron chi connectivity index (χ3n) is 2.02. The third kappa shape index (κ3) is 3.48. The van der Waals surface area contributed by atoms with Gasteiger partial charge in [-0.05, 0) is 13.0 Å². The Bertz CT molecular complexity index is 473. The maximum Gasteiger partial charge on any atom is 0.425 e. The van der Waals surface area contributed by atoms with E-state index in [1.165, 1.54) is 12.1 Å². The van der Waals surface area contributed by atoms with Gasteiger partial charge in [0.25, 0.3) is 5.69 Å². The first-order valence-electron chi connectivity index (χ1n) is 5.17. The molecule has 1 rings (SSSR count). The number of benzene rings is 1. The second kappa shape index (κ2) is 6.24. The Kier molecular flexibility index (Phi) is 4.67. The first-order valence-corrected chi connectivity index (χ1v) is 5.17. The molecule has 0 saturated heterocycles. The van der Waals surface area contributed by atoms with Gasteiger partial charge < -0.3 is 4.74 Å². The first-order chi connectivity index (χ1) is 8.56. The smallest absolute Gasteiger partial charge is 0.425 e. The van der Waals surface area contributed by atoms with E-state index in [9.17, 15) is 14.9 Å². The van der Waals surface area contributed by atoms with Gasteiger partial charge in [-0.1, -0.05) is 18.7 Å². The number of ether oxygens (including phenoxy) is 1. The number of rotatable bonds is 5. The summed E-state index contributed by atoms with van der Waals surface area (Å²) in [4.78, 5) is 21.3. The van der Waals surface area contributed by atoms with E-state index in [1.54, 1.807) is 19.1 Å². The van der Waals surface area contributed by atoms with Crippen molar-refractivity contribution in [3.05, 3.63) is 46.5 Å². The number of hydrazine groups is 1. The summed E-state index contributed by atoms with van der Waals surface area (Å²) in [6.45, 7) is 5.51. The summed E-state index contributed by atoms with van der Waals surface area (Å²) in [5, 5.41) is 10.8. The summed E-state index contributed by atoms with van der Waals surface area (Å²) in [6, 6.07) is 6.07. The lowest BCUT2D eigenvalue weighted by Gasteiger charge is -2.10. The lowest BCUT2D eigenvalue weighted by Crippen LogP contribution is -2.36. The molecule has 1 aromatic carbocycles. The fourth-order valence-corrected chi connectivity index (χ4v) is 1.25. The lowest BCUT2D eigenvalue weighted by molar-refractivity contribution is -0.385. The largest absolute Gasteiger partial charge is 0.449 e. The van der Waals surface area contributed by atoms with E-state index >= 15 is 0 Å².